The van der Waals surface area contributed by atoms with E-state index in [1.54, 1.807) is 28.8 Å². The molecule has 0 atom stereocenters. The van der Waals surface area contributed by atoms with E-state index in [2.05, 4.69) is 9.97 Å². The molecule has 0 spiro atoms. The van der Waals surface area contributed by atoms with Crippen LogP contribution in [0.5, 0.6) is 0 Å². The maximum Gasteiger partial charge on any atom is 0.235 e. The molecule has 0 radical (unpaired) electrons. The summed E-state index contributed by atoms with van der Waals surface area (Å²) in [6, 6.07) is 7.93. The van der Waals surface area contributed by atoms with Gasteiger partial charge in [0.25, 0.3) is 0 Å². The van der Waals surface area contributed by atoms with Crippen LogP contribution in [0.15, 0.2) is 36.5 Å². The number of benzene rings is 1. The Morgan fingerprint density at radius 3 is 2.61 bits per heavy atom. The molecular weight excluding hydrogens is 253 g/mol. The van der Waals surface area contributed by atoms with E-state index in [1.165, 1.54) is 12.1 Å². The third kappa shape index (κ3) is 1.84. The Morgan fingerprint density at radius 2 is 1.89 bits per heavy atom. The molecule has 2 heterocycles. The molecule has 3 nitrogen and oxygen atoms in total. The highest BCUT2D eigenvalue weighted by molar-refractivity contribution is 6.29. The molecule has 0 bridgehead atoms. The van der Waals surface area contributed by atoms with Crippen molar-refractivity contribution in [1.29, 1.82) is 0 Å². The summed E-state index contributed by atoms with van der Waals surface area (Å²) >= 11 is 6.11. The van der Waals surface area contributed by atoms with Gasteiger partial charge >= 0.3 is 0 Å². The van der Waals surface area contributed by atoms with E-state index in [1.807, 2.05) is 6.92 Å². The third-order valence-electron chi connectivity index (χ3n) is 2.66. The number of hydrogen-bond donors (Lipinski definition) is 0. The van der Waals surface area contributed by atoms with Gasteiger partial charge in [-0.2, -0.15) is 0 Å². The van der Waals surface area contributed by atoms with Crippen LogP contribution in [0.25, 0.3) is 17.0 Å². The number of fused-ring (bicyclic) bond motifs is 1. The molecule has 3 rings (SSSR count). The van der Waals surface area contributed by atoms with Crippen LogP contribution in [0.1, 0.15) is 5.69 Å². The first kappa shape index (κ1) is 11.2. The number of halogens is 2. The van der Waals surface area contributed by atoms with Crippen LogP contribution >= 0.6 is 11.6 Å². The van der Waals surface area contributed by atoms with Gasteiger partial charge in [-0.25, -0.2) is 14.4 Å². The minimum absolute atomic E-state index is 0.269. The largest absolute Gasteiger partial charge is 0.273 e. The predicted molar refractivity (Wildman–Crippen MR) is 68.1 cm³/mol. The summed E-state index contributed by atoms with van der Waals surface area (Å²) in [7, 11) is 0. The summed E-state index contributed by atoms with van der Waals surface area (Å²) in [5, 5.41) is 0.554. The zero-order chi connectivity index (χ0) is 12.7. The third-order valence-corrected chi connectivity index (χ3v) is 2.95. The van der Waals surface area contributed by atoms with E-state index in [0.717, 1.165) is 17.0 Å². The van der Waals surface area contributed by atoms with E-state index in [-0.39, 0.29) is 5.82 Å². The molecule has 1 aromatic carbocycles. The number of hydrogen-bond acceptors (Lipinski definition) is 2. The highest BCUT2D eigenvalue weighted by Crippen LogP contribution is 2.21. The van der Waals surface area contributed by atoms with Crippen molar-refractivity contribution in [1.82, 2.24) is 14.4 Å². The maximum atomic E-state index is 12.9. The molecule has 5 heteroatoms. The summed E-state index contributed by atoms with van der Waals surface area (Å²) in [6.45, 7) is 1.86. The molecule has 0 saturated carbocycles. The number of rotatable bonds is 1. The zero-order valence-corrected chi connectivity index (χ0v) is 10.3. The Kier molecular flexibility index (Phi) is 2.52. The van der Waals surface area contributed by atoms with E-state index in [0.29, 0.717) is 10.9 Å². The molecule has 3 aromatic rings. The van der Waals surface area contributed by atoms with Gasteiger partial charge in [-0.1, -0.05) is 11.6 Å². The van der Waals surface area contributed by atoms with Crippen molar-refractivity contribution in [3.63, 3.8) is 0 Å². The summed E-state index contributed by atoms with van der Waals surface area (Å²) < 4.78 is 14.6. The lowest BCUT2D eigenvalue weighted by Gasteiger charge is -1.96. The standard InChI is InChI=1S/C13H9ClFN3/c1-8-6-12(14)18-7-11(17-13(18)16-8)9-2-4-10(15)5-3-9/h2-7H,1H3. The quantitative estimate of drug-likeness (QED) is 0.628. The van der Waals surface area contributed by atoms with E-state index in [9.17, 15) is 4.39 Å². The molecule has 0 amide bonds. The first-order chi connectivity index (χ1) is 8.63. The summed E-state index contributed by atoms with van der Waals surface area (Å²) in [4.78, 5) is 8.67. The van der Waals surface area contributed by atoms with Crippen molar-refractivity contribution < 1.29 is 4.39 Å². The SMILES string of the molecule is Cc1cc(Cl)n2cc(-c3ccc(F)cc3)nc2n1. The van der Waals surface area contributed by atoms with Crippen LogP contribution in [0.4, 0.5) is 4.39 Å². The van der Waals surface area contributed by atoms with Gasteiger partial charge in [0.15, 0.2) is 0 Å². The van der Waals surface area contributed by atoms with Gasteiger partial charge in [0.05, 0.1) is 5.69 Å². The van der Waals surface area contributed by atoms with Crippen LogP contribution in [-0.2, 0) is 0 Å². The maximum absolute atomic E-state index is 12.9. The minimum atomic E-state index is -0.269. The predicted octanol–water partition coefficient (Wildman–Crippen LogP) is 3.50. The van der Waals surface area contributed by atoms with Gasteiger partial charge in [-0.05, 0) is 37.3 Å². The van der Waals surface area contributed by atoms with Crippen molar-refractivity contribution in [2.75, 3.05) is 0 Å². The summed E-state index contributed by atoms with van der Waals surface area (Å²) in [5.74, 6) is 0.272. The van der Waals surface area contributed by atoms with E-state index >= 15 is 0 Å². The Labute approximate surface area is 108 Å². The van der Waals surface area contributed by atoms with Gasteiger partial charge in [0.2, 0.25) is 5.78 Å². The van der Waals surface area contributed by atoms with Crippen molar-refractivity contribution in [2.45, 2.75) is 6.92 Å². The Hall–Kier alpha value is -1.94. The average Bonchev–Trinajstić information content (AvgIpc) is 2.74. The van der Waals surface area contributed by atoms with Gasteiger partial charge in [-0.3, -0.25) is 4.40 Å². The molecule has 0 aliphatic rings. The molecule has 18 heavy (non-hydrogen) atoms. The molecule has 0 fully saturated rings. The lowest BCUT2D eigenvalue weighted by molar-refractivity contribution is 0.628. The fourth-order valence-corrected chi connectivity index (χ4v) is 2.08. The van der Waals surface area contributed by atoms with Crippen LogP contribution in [-0.4, -0.2) is 14.4 Å². The Bertz CT molecular complexity index is 719. The van der Waals surface area contributed by atoms with Gasteiger partial charge in [0, 0.05) is 17.5 Å². The van der Waals surface area contributed by atoms with Crippen molar-refractivity contribution in [3.8, 4) is 11.3 Å². The van der Waals surface area contributed by atoms with Crippen LogP contribution in [0, 0.1) is 12.7 Å². The van der Waals surface area contributed by atoms with E-state index in [4.69, 9.17) is 11.6 Å². The summed E-state index contributed by atoms with van der Waals surface area (Å²) in [5.41, 5.74) is 2.36. The van der Waals surface area contributed by atoms with Gasteiger partial charge in [-0.15, -0.1) is 0 Å². The summed E-state index contributed by atoms with van der Waals surface area (Å²) in [6.07, 6.45) is 1.79. The molecule has 90 valence electrons. The molecule has 0 aliphatic carbocycles. The molecule has 0 saturated heterocycles. The molecular formula is C13H9ClFN3. The second kappa shape index (κ2) is 4.07. The fraction of sp³-hybridized carbons (Fsp3) is 0.0769. The number of aromatic nitrogens is 3. The number of aryl methyl sites for hydroxylation is 1. The minimum Gasteiger partial charge on any atom is -0.273 e. The number of imidazole rings is 1. The van der Waals surface area contributed by atoms with Crippen LogP contribution in [0.3, 0.4) is 0 Å². The first-order valence-corrected chi connectivity index (χ1v) is 5.79. The second-order valence-corrected chi connectivity index (χ2v) is 4.41. The monoisotopic (exact) mass is 261 g/mol. The highest BCUT2D eigenvalue weighted by atomic mass is 35.5. The lowest BCUT2D eigenvalue weighted by atomic mass is 10.2. The topological polar surface area (TPSA) is 30.2 Å². The van der Waals surface area contributed by atoms with Crippen LogP contribution < -0.4 is 0 Å². The smallest absolute Gasteiger partial charge is 0.235 e. The van der Waals surface area contributed by atoms with Gasteiger partial charge < -0.3 is 0 Å². The normalized spacial score (nSPS) is 11.1. The van der Waals surface area contributed by atoms with Gasteiger partial charge in [0.1, 0.15) is 11.0 Å². The first-order valence-electron chi connectivity index (χ1n) is 5.42. The average molecular weight is 262 g/mol. The van der Waals surface area contributed by atoms with Crippen molar-refractivity contribution in [3.05, 3.63) is 53.2 Å². The molecule has 0 unspecified atom stereocenters. The lowest BCUT2D eigenvalue weighted by Crippen LogP contribution is -1.91. The van der Waals surface area contributed by atoms with Crippen molar-refractivity contribution in [2.24, 2.45) is 0 Å². The highest BCUT2D eigenvalue weighted by Gasteiger charge is 2.08. The molecule has 2 aromatic heterocycles. The zero-order valence-electron chi connectivity index (χ0n) is 9.56. The fourth-order valence-electron chi connectivity index (χ4n) is 1.80. The molecule has 0 aliphatic heterocycles. The second-order valence-electron chi connectivity index (χ2n) is 4.02. The Morgan fingerprint density at radius 1 is 1.17 bits per heavy atom. The molecule has 0 N–H and O–H groups in total. The number of nitrogens with zero attached hydrogens (tertiary/aromatic N) is 3. The van der Waals surface area contributed by atoms with Crippen molar-refractivity contribution >= 4 is 17.4 Å². The van der Waals surface area contributed by atoms with Crippen LogP contribution in [0.2, 0.25) is 5.15 Å². The van der Waals surface area contributed by atoms with E-state index < -0.39 is 0 Å². The Balaban J connectivity index is 2.19.